The van der Waals surface area contributed by atoms with Crippen molar-refractivity contribution >= 4 is 34.8 Å². The Hall–Kier alpha value is -10.3. The lowest BCUT2D eigenvalue weighted by Gasteiger charge is -2.37. The molecule has 6 aromatic heterocycles. The van der Waals surface area contributed by atoms with Crippen LogP contribution in [0.25, 0.3) is 17.2 Å². The van der Waals surface area contributed by atoms with Crippen LogP contribution in [0, 0.1) is 5.82 Å². The van der Waals surface area contributed by atoms with Crippen LogP contribution >= 0.6 is 0 Å². The maximum Gasteiger partial charge on any atom is 0.263 e. The second kappa shape index (κ2) is 30.6. The molecular formula is C71H79FN16O9. The SMILES string of the molecule is O=C(N[C@H]1CCCC[C@@H]1O)C1CN(Cc2ccc(-n3cccn3)cn2)c2ccccc2O1.O=C(N[C@H]1CCCC[C@@H]1O)C1CN(Cc2cnc(-n3cccn3)c(F)c2)c2ccccc2O1.O=C(N[C@H]1CCCC[C@@H]1O)C1CN(Cc2ncc(-n3cccn3)cn2)c2ccccc2O1. The number of carbonyl (C=O) groups is 3. The number of hydrogen-bond donors (Lipinski definition) is 6. The maximum atomic E-state index is 14.7. The molecule has 3 amide bonds. The average Bonchev–Trinajstić information content (AvgIpc) is 1.57. The molecule has 6 N–H and O–H groups in total. The van der Waals surface area contributed by atoms with Crippen LogP contribution in [0.1, 0.15) is 94.1 Å². The van der Waals surface area contributed by atoms with Crippen molar-refractivity contribution in [1.82, 2.24) is 65.2 Å². The third kappa shape index (κ3) is 16.0. The maximum absolute atomic E-state index is 14.7. The van der Waals surface area contributed by atoms with E-state index < -0.39 is 42.4 Å². The molecule has 9 aromatic rings. The van der Waals surface area contributed by atoms with Crippen molar-refractivity contribution in [3.8, 4) is 34.4 Å². The normalized spacial score (nSPS) is 22.6. The minimum Gasteiger partial charge on any atom is -0.477 e. The molecule has 0 spiro atoms. The second-order valence-corrected chi connectivity index (χ2v) is 25.1. The van der Waals surface area contributed by atoms with Crippen molar-refractivity contribution in [2.24, 2.45) is 0 Å². The number of anilines is 3. The molecule has 9 heterocycles. The third-order valence-electron chi connectivity index (χ3n) is 18.3. The molecule has 3 unspecified atom stereocenters. The molecule has 6 aliphatic rings. The van der Waals surface area contributed by atoms with E-state index in [-0.39, 0.29) is 41.7 Å². The molecule has 3 fully saturated rings. The summed E-state index contributed by atoms with van der Waals surface area (Å²) in [5.41, 5.74) is 5.90. The van der Waals surface area contributed by atoms with Gasteiger partial charge in [0.1, 0.15) is 28.8 Å². The lowest BCUT2D eigenvalue weighted by Crippen LogP contribution is -2.54. The summed E-state index contributed by atoms with van der Waals surface area (Å²) in [4.78, 5) is 63.0. The minimum atomic E-state index is -0.741. The van der Waals surface area contributed by atoms with Gasteiger partial charge in [-0.2, -0.15) is 15.3 Å². The first-order chi connectivity index (χ1) is 47.4. The number of para-hydroxylation sites is 6. The fourth-order valence-corrected chi connectivity index (χ4v) is 13.2. The average molecular weight is 1320 g/mol. The van der Waals surface area contributed by atoms with E-state index in [0.29, 0.717) is 74.3 Å². The number of nitrogens with one attached hydrogen (secondary N) is 3. The van der Waals surface area contributed by atoms with Crippen molar-refractivity contribution in [3.63, 3.8) is 0 Å². The number of carbonyl (C=O) groups excluding carboxylic acids is 3. The third-order valence-corrected chi connectivity index (χ3v) is 18.3. The number of nitrogens with zero attached hydrogens (tertiary/aromatic N) is 13. The highest BCUT2D eigenvalue weighted by Gasteiger charge is 2.38. The summed E-state index contributed by atoms with van der Waals surface area (Å²) in [6.07, 6.45) is 24.1. The Morgan fingerprint density at radius 2 is 0.866 bits per heavy atom. The molecule has 9 atom stereocenters. The fraction of sp³-hybridized carbons (Fsp3) is 0.380. The highest BCUT2D eigenvalue weighted by Crippen LogP contribution is 2.38. The largest absolute Gasteiger partial charge is 0.477 e. The van der Waals surface area contributed by atoms with E-state index in [9.17, 15) is 34.1 Å². The van der Waals surface area contributed by atoms with Gasteiger partial charge in [0, 0.05) is 49.9 Å². The Balaban J connectivity index is 0.000000131. The van der Waals surface area contributed by atoms with E-state index in [2.05, 4.69) is 61.0 Å². The zero-order valence-electron chi connectivity index (χ0n) is 53.6. The van der Waals surface area contributed by atoms with Gasteiger partial charge in [0.15, 0.2) is 29.9 Å². The zero-order valence-corrected chi connectivity index (χ0v) is 53.6. The van der Waals surface area contributed by atoms with E-state index in [1.54, 1.807) is 65.0 Å². The summed E-state index contributed by atoms with van der Waals surface area (Å²) >= 11 is 0. The van der Waals surface area contributed by atoms with Crippen LogP contribution in [-0.4, -0.2) is 157 Å². The first kappa shape index (κ1) is 65.4. The van der Waals surface area contributed by atoms with E-state index >= 15 is 0 Å². The number of hydrogen-bond acceptors (Lipinski definition) is 19. The number of aliphatic hydroxyl groups excluding tert-OH is 3. The van der Waals surface area contributed by atoms with Gasteiger partial charge >= 0.3 is 0 Å². The van der Waals surface area contributed by atoms with Crippen LogP contribution in [0.2, 0.25) is 0 Å². The summed E-state index contributed by atoms with van der Waals surface area (Å²) in [6.45, 7) is 2.43. The number of aliphatic hydroxyl groups is 3. The Kier molecular flexibility index (Phi) is 20.6. The number of amides is 3. The smallest absolute Gasteiger partial charge is 0.263 e. The van der Waals surface area contributed by atoms with Gasteiger partial charge in [0.2, 0.25) is 0 Å². The number of halogens is 1. The Morgan fingerprint density at radius 1 is 0.454 bits per heavy atom. The topological polar surface area (TPSA) is 290 Å². The molecule has 15 rings (SSSR count). The predicted octanol–water partition coefficient (Wildman–Crippen LogP) is 6.90. The fourth-order valence-electron chi connectivity index (χ4n) is 13.2. The monoisotopic (exact) mass is 1320 g/mol. The van der Waals surface area contributed by atoms with Crippen molar-refractivity contribution in [3.05, 3.63) is 194 Å². The van der Waals surface area contributed by atoms with Gasteiger partial charge in [0.25, 0.3) is 17.7 Å². The van der Waals surface area contributed by atoms with Crippen LogP contribution < -0.4 is 44.9 Å². The van der Waals surface area contributed by atoms with Gasteiger partial charge in [-0.1, -0.05) is 74.9 Å². The molecular weight excluding hydrogens is 1240 g/mol. The van der Waals surface area contributed by atoms with Gasteiger partial charge in [0.05, 0.1) is 116 Å². The second-order valence-electron chi connectivity index (χ2n) is 25.1. The van der Waals surface area contributed by atoms with Crippen molar-refractivity contribution < 1.29 is 48.3 Å². The van der Waals surface area contributed by atoms with Crippen LogP contribution in [0.15, 0.2) is 171 Å². The molecule has 3 aliphatic carbocycles. The van der Waals surface area contributed by atoms with Crippen LogP contribution in [0.3, 0.4) is 0 Å². The van der Waals surface area contributed by atoms with Crippen LogP contribution in [0.4, 0.5) is 21.5 Å². The molecule has 3 saturated carbocycles. The molecule has 26 heteroatoms. The lowest BCUT2D eigenvalue weighted by molar-refractivity contribution is -0.130. The highest BCUT2D eigenvalue weighted by atomic mass is 19.1. The molecule has 25 nitrogen and oxygen atoms in total. The first-order valence-electron chi connectivity index (χ1n) is 33.3. The molecule has 0 radical (unpaired) electrons. The quantitative estimate of drug-likeness (QED) is 0.0608. The molecule has 97 heavy (non-hydrogen) atoms. The summed E-state index contributed by atoms with van der Waals surface area (Å²) in [5.74, 6) is 1.58. The minimum absolute atomic E-state index is 0.134. The Labute approximate surface area is 560 Å². The summed E-state index contributed by atoms with van der Waals surface area (Å²) in [5, 5.41) is 52.1. The summed E-state index contributed by atoms with van der Waals surface area (Å²) < 4.78 is 37.6. The molecule has 504 valence electrons. The first-order valence-corrected chi connectivity index (χ1v) is 33.3. The van der Waals surface area contributed by atoms with Crippen LogP contribution in [-0.2, 0) is 34.0 Å². The van der Waals surface area contributed by atoms with Crippen molar-refractivity contribution in [2.75, 3.05) is 34.3 Å². The van der Waals surface area contributed by atoms with Gasteiger partial charge in [-0.25, -0.2) is 33.4 Å². The van der Waals surface area contributed by atoms with Gasteiger partial charge < -0.3 is 60.2 Å². The standard InChI is InChI=1S/C24H26FN5O3.C24H27N5O3.C23H26N6O3/c25-17-12-16(13-26-23(17)30-11-5-10-27-30)14-29-15-22(33-21-9-4-2-7-19(21)29)24(32)28-18-6-1-3-8-20(18)31;30-21-8-3-1-6-19(21)27-24(31)23-16-28(20-7-2-4-9-22(20)32-23)15-17-10-11-18(14-25-17)29-13-5-12-26-29;30-19-8-3-1-6-17(19)27-23(31)21-14-28(18-7-2-4-9-20(18)32-21)15-22-24-12-16(13-25-22)29-11-5-10-26-29/h2,4-5,7,9-13,18,20,22,31H,1,3,6,8,14-15H2,(H,28,32);2,4-5,7,9-14,19,21,23,30H,1,3,6,8,15-16H2,(H,27,31);2,4-5,7,9-13,17,19,21,30H,1,3,6,8,14-15H2,(H,27,31)/t18-,20-,22?;19-,21-,23?;17-,19-,21?/m000/s1. The van der Waals surface area contributed by atoms with E-state index in [1.165, 1.54) is 10.7 Å². The lowest BCUT2D eigenvalue weighted by atomic mass is 9.92. The molecule has 3 aromatic carbocycles. The highest BCUT2D eigenvalue weighted by molar-refractivity contribution is 5.85. The molecule has 0 bridgehead atoms. The Bertz CT molecular complexity index is 3890. The van der Waals surface area contributed by atoms with Gasteiger partial charge in [-0.15, -0.1) is 0 Å². The number of aromatic nitrogens is 10. The van der Waals surface area contributed by atoms with E-state index in [4.69, 9.17) is 14.2 Å². The van der Waals surface area contributed by atoms with Gasteiger partial charge in [-0.05, 0) is 117 Å². The molecule has 3 aliphatic heterocycles. The zero-order chi connectivity index (χ0) is 66.6. The Morgan fingerprint density at radius 3 is 1.29 bits per heavy atom. The number of ether oxygens (including phenoxy) is 3. The van der Waals surface area contributed by atoms with Gasteiger partial charge in [-0.3, -0.25) is 19.4 Å². The number of benzene rings is 3. The number of rotatable bonds is 15. The number of fused-ring (bicyclic) bond motifs is 3. The number of pyridine rings is 2. The molecule has 0 saturated heterocycles. The predicted molar refractivity (Wildman–Crippen MR) is 357 cm³/mol. The summed E-state index contributed by atoms with van der Waals surface area (Å²) in [7, 11) is 0. The van der Waals surface area contributed by atoms with Crippen LogP contribution in [0.5, 0.6) is 17.2 Å². The van der Waals surface area contributed by atoms with E-state index in [1.807, 2.05) is 114 Å². The summed E-state index contributed by atoms with van der Waals surface area (Å²) in [6, 6.07) is 33.0. The van der Waals surface area contributed by atoms with E-state index in [0.717, 1.165) is 105 Å². The van der Waals surface area contributed by atoms with Crippen molar-refractivity contribution in [2.45, 2.75) is 151 Å². The van der Waals surface area contributed by atoms with Crippen molar-refractivity contribution in [1.29, 1.82) is 0 Å².